The summed E-state index contributed by atoms with van der Waals surface area (Å²) in [5, 5.41) is 16.7. The molecule has 20 nitrogen and oxygen atoms in total. The van der Waals surface area contributed by atoms with Gasteiger partial charge in [0.05, 0.1) is 23.3 Å². The molecule has 0 aliphatic rings. The number of hydrogen-bond acceptors (Lipinski definition) is 20. The van der Waals surface area contributed by atoms with Gasteiger partial charge in [0.25, 0.3) is 0 Å². The largest absolute Gasteiger partial charge is 0.399 e. The summed E-state index contributed by atoms with van der Waals surface area (Å²) in [6.07, 6.45) is 0. The van der Waals surface area contributed by atoms with Crippen molar-refractivity contribution in [2.45, 2.75) is 0 Å². The molecule has 2 heterocycles. The van der Waals surface area contributed by atoms with E-state index in [4.69, 9.17) is 56.8 Å². The van der Waals surface area contributed by atoms with E-state index >= 15 is 0 Å². The maximum atomic E-state index is 8.40. The highest BCUT2D eigenvalue weighted by atomic mass is 15.2. The third kappa shape index (κ3) is 14.6. The number of rotatable bonds is 10. The first kappa shape index (κ1) is 52.8. The number of nitrogen functional groups attached to an aromatic ring is 8. The van der Waals surface area contributed by atoms with Crippen LogP contribution in [0, 0.1) is 22.7 Å². The molecule has 0 saturated carbocycles. The molecule has 0 spiro atoms. The van der Waals surface area contributed by atoms with Gasteiger partial charge in [0.15, 0.2) is 34.9 Å². The quantitative estimate of drug-likeness (QED) is 0.0348. The van der Waals surface area contributed by atoms with E-state index in [0.29, 0.717) is 68.8 Å². The number of nitriles is 2. The van der Waals surface area contributed by atoms with Crippen molar-refractivity contribution >= 4 is 45.5 Å². The Labute approximate surface area is 438 Å². The van der Waals surface area contributed by atoms with Crippen molar-refractivity contribution in [3.8, 4) is 80.5 Å². The number of hydrazine groups is 4. The van der Waals surface area contributed by atoms with Crippen LogP contribution in [0.2, 0.25) is 0 Å². The molecule has 0 aliphatic heterocycles. The van der Waals surface area contributed by atoms with E-state index in [2.05, 4.69) is 51.6 Å². The number of aromatic nitrogens is 6. The average molecular weight is 1010 g/mol. The second kappa shape index (κ2) is 25.9. The van der Waals surface area contributed by atoms with Crippen molar-refractivity contribution in [2.24, 2.45) is 23.4 Å². The van der Waals surface area contributed by atoms with Gasteiger partial charge in [-0.3, -0.25) is 23.4 Å². The van der Waals surface area contributed by atoms with Crippen molar-refractivity contribution in [3.05, 3.63) is 205 Å². The Bertz CT molecular complexity index is 3210. The van der Waals surface area contributed by atoms with Gasteiger partial charge in [-0.25, -0.2) is 29.9 Å². The van der Waals surface area contributed by atoms with Crippen LogP contribution < -0.4 is 68.0 Å². The van der Waals surface area contributed by atoms with Gasteiger partial charge >= 0.3 is 0 Å². The fourth-order valence-electron chi connectivity index (χ4n) is 6.77. The zero-order valence-corrected chi connectivity index (χ0v) is 40.7. The topological polar surface area (TPSA) is 381 Å². The summed E-state index contributed by atoms with van der Waals surface area (Å²) >= 11 is 0. The summed E-state index contributed by atoms with van der Waals surface area (Å²) in [5.41, 5.74) is 45.4. The lowest BCUT2D eigenvalue weighted by Gasteiger charge is -2.10. The monoisotopic (exact) mass is 1000 g/mol. The van der Waals surface area contributed by atoms with Gasteiger partial charge in [-0.15, -0.1) is 0 Å². The van der Waals surface area contributed by atoms with Crippen LogP contribution in [0.3, 0.4) is 0 Å². The van der Waals surface area contributed by atoms with Crippen LogP contribution >= 0.6 is 0 Å². The van der Waals surface area contributed by atoms with E-state index in [1.165, 1.54) is 0 Å². The van der Waals surface area contributed by atoms with Crippen molar-refractivity contribution in [1.29, 1.82) is 10.5 Å². The highest BCUT2D eigenvalue weighted by Gasteiger charge is 2.14. The number of benzene rings is 8. The van der Waals surface area contributed by atoms with Gasteiger partial charge in [-0.1, -0.05) is 0 Å². The number of anilines is 8. The first-order chi connectivity index (χ1) is 37.0. The normalized spacial score (nSPS) is 10.0. The highest BCUT2D eigenvalue weighted by Crippen LogP contribution is 2.28. The van der Waals surface area contributed by atoms with Gasteiger partial charge in [0, 0.05) is 78.9 Å². The Morgan fingerprint density at radius 1 is 0.250 bits per heavy atom. The third-order valence-electron chi connectivity index (χ3n) is 10.9. The molecule has 0 amide bonds. The molecule has 0 bridgehead atoms. The molecule has 0 unspecified atom stereocenters. The molecular weight excluding hydrogens is 953 g/mol. The average Bonchev–Trinajstić information content (AvgIpc) is 3.48. The Balaban J connectivity index is 0.000000166. The maximum absolute atomic E-state index is 8.40. The summed E-state index contributed by atoms with van der Waals surface area (Å²) in [6.45, 7) is 0. The van der Waals surface area contributed by atoms with Crippen molar-refractivity contribution in [1.82, 2.24) is 29.9 Å². The van der Waals surface area contributed by atoms with E-state index in [-0.39, 0.29) is 0 Å². The minimum absolute atomic E-state index is 0.556. The van der Waals surface area contributed by atoms with Crippen LogP contribution in [0.5, 0.6) is 0 Å². The Morgan fingerprint density at radius 2 is 0.408 bits per heavy atom. The molecule has 10 rings (SSSR count). The summed E-state index contributed by atoms with van der Waals surface area (Å²) < 4.78 is 0. The fraction of sp³-hybridized carbons (Fsp3) is 0. The number of nitrogens with zero attached hydrogens (tertiary/aromatic N) is 8. The predicted octanol–water partition coefficient (Wildman–Crippen LogP) is 8.33. The molecule has 0 radical (unpaired) electrons. The highest BCUT2D eigenvalue weighted by molar-refractivity contribution is 5.71. The first-order valence-electron chi connectivity index (χ1n) is 23.0. The van der Waals surface area contributed by atoms with Crippen LogP contribution in [0.4, 0.5) is 45.5 Å². The van der Waals surface area contributed by atoms with Gasteiger partial charge in [0.1, 0.15) is 0 Å². The Kier molecular flexibility index (Phi) is 18.0. The van der Waals surface area contributed by atoms with E-state index in [0.717, 1.165) is 56.1 Å². The molecule has 0 aliphatic carbocycles. The summed E-state index contributed by atoms with van der Waals surface area (Å²) in [4.78, 5) is 28.0. The number of nitrogens with one attached hydrogen (secondary N) is 4. The molecule has 0 fully saturated rings. The van der Waals surface area contributed by atoms with Crippen molar-refractivity contribution < 1.29 is 0 Å². The molecule has 76 heavy (non-hydrogen) atoms. The van der Waals surface area contributed by atoms with Crippen LogP contribution in [-0.4, -0.2) is 29.9 Å². The lowest BCUT2D eigenvalue weighted by molar-refractivity contribution is 1.07. The van der Waals surface area contributed by atoms with E-state index < -0.39 is 0 Å². The number of hydrogen-bond donors (Lipinski definition) is 12. The lowest BCUT2D eigenvalue weighted by Crippen LogP contribution is -2.07. The molecule has 20 heteroatoms. The minimum atomic E-state index is 0.556. The Morgan fingerprint density at radius 3 is 0.592 bits per heavy atom. The number of nitrogens with two attached hydrogens (primary N) is 8. The molecule has 8 aromatic carbocycles. The second-order valence-electron chi connectivity index (χ2n) is 16.2. The minimum Gasteiger partial charge on any atom is -0.399 e. The molecular formula is C56H52N20. The maximum Gasteiger partial charge on any atom is 0.164 e. The van der Waals surface area contributed by atoms with E-state index in [1.807, 2.05) is 158 Å². The van der Waals surface area contributed by atoms with Crippen LogP contribution in [-0.2, 0) is 0 Å². The standard InChI is InChI=1S/C21H21N9.C21H18N6.C7H7N3.C7H6N2/c22-28-16-7-1-13(2-8-16)19-25-20(14-3-9-17(29-23)10-4-14)27-21(26-19)15-5-11-18(30-24)12-6-15;22-16-7-1-13(2-8-16)19-25-20(14-3-9-17(23)10-4-14)27-21(26-19)15-5-11-18(24)12-6-15;8-5-6-1-3-7(10-9)4-2-6;8-5-6-1-3-7(9)4-2-6/h1-12,28-30H,22-24H2;1-12H,22-24H2;1-4,10H,9H2;1-4H,9H2. The molecule has 2 aromatic heterocycles. The van der Waals surface area contributed by atoms with Crippen LogP contribution in [0.1, 0.15) is 11.1 Å². The van der Waals surface area contributed by atoms with Gasteiger partial charge < -0.3 is 44.6 Å². The van der Waals surface area contributed by atoms with E-state index in [9.17, 15) is 0 Å². The Hall–Kier alpha value is -11.0. The van der Waals surface area contributed by atoms with Crippen LogP contribution in [0.15, 0.2) is 194 Å². The van der Waals surface area contributed by atoms with Crippen LogP contribution in [0.25, 0.3) is 68.3 Å². The zero-order valence-electron chi connectivity index (χ0n) is 40.7. The second-order valence-corrected chi connectivity index (χ2v) is 16.2. The lowest BCUT2D eigenvalue weighted by atomic mass is 10.1. The van der Waals surface area contributed by atoms with Gasteiger partial charge in [-0.05, 0) is 194 Å². The molecule has 0 atom stereocenters. The third-order valence-corrected chi connectivity index (χ3v) is 10.9. The molecule has 10 aromatic rings. The van der Waals surface area contributed by atoms with Crippen molar-refractivity contribution in [3.63, 3.8) is 0 Å². The van der Waals surface area contributed by atoms with Gasteiger partial charge in [0.2, 0.25) is 0 Å². The summed E-state index contributed by atoms with van der Waals surface area (Å²) in [7, 11) is 0. The predicted molar refractivity (Wildman–Crippen MR) is 303 cm³/mol. The zero-order chi connectivity index (χ0) is 53.8. The molecule has 20 N–H and O–H groups in total. The van der Waals surface area contributed by atoms with Gasteiger partial charge in [-0.2, -0.15) is 10.5 Å². The molecule has 376 valence electrons. The fourth-order valence-corrected chi connectivity index (χ4v) is 6.77. The van der Waals surface area contributed by atoms with E-state index in [1.54, 1.807) is 48.5 Å². The molecule has 0 saturated heterocycles. The summed E-state index contributed by atoms with van der Waals surface area (Å²) in [5.74, 6) is 24.9. The van der Waals surface area contributed by atoms with Crippen molar-refractivity contribution in [2.75, 3.05) is 44.6 Å². The SMILES string of the molecule is N#Cc1ccc(N)cc1.N#Cc1ccc(NN)cc1.NNc1ccc(-c2nc(-c3ccc(NN)cc3)nc(-c3ccc(NN)cc3)n2)cc1.Nc1ccc(-c2nc(-c3ccc(N)cc3)nc(-c3ccc(N)cc3)n2)cc1. The smallest absolute Gasteiger partial charge is 0.164 e. The first-order valence-corrected chi connectivity index (χ1v) is 23.0. The summed E-state index contributed by atoms with van der Waals surface area (Å²) in [6, 6.07) is 62.6.